The number of halogens is 1. The van der Waals surface area contributed by atoms with Gasteiger partial charge in [0.25, 0.3) is 0 Å². The fraction of sp³-hybridized carbons (Fsp3) is 0.444. The van der Waals surface area contributed by atoms with E-state index in [0.29, 0.717) is 19.3 Å². The van der Waals surface area contributed by atoms with Gasteiger partial charge in [-0.25, -0.2) is 0 Å². The Kier molecular flexibility index (Phi) is 7.09. The Bertz CT molecular complexity index is 1120. The maximum absolute atomic E-state index is 11.9. The minimum Gasteiger partial charge on any atom is -0.494 e. The van der Waals surface area contributed by atoms with Gasteiger partial charge in [0.05, 0.1) is 25.4 Å². The Morgan fingerprint density at radius 3 is 2.65 bits per heavy atom. The summed E-state index contributed by atoms with van der Waals surface area (Å²) in [5.74, 6) is 0.833. The molecule has 1 fully saturated rings. The van der Waals surface area contributed by atoms with E-state index >= 15 is 0 Å². The third kappa shape index (κ3) is 4.95. The smallest absolute Gasteiger partial charge is 0.210 e. The number of amides is 1. The molecule has 6 nitrogen and oxygen atoms in total. The molecule has 2 aromatic carbocycles. The van der Waals surface area contributed by atoms with Crippen LogP contribution in [0.4, 0.5) is 0 Å². The Morgan fingerprint density at radius 1 is 1.09 bits per heavy atom. The van der Waals surface area contributed by atoms with Crippen molar-refractivity contribution in [1.82, 2.24) is 14.8 Å². The minimum absolute atomic E-state index is 0.149. The van der Waals surface area contributed by atoms with Gasteiger partial charge >= 0.3 is 0 Å². The number of hydrogen-bond acceptors (Lipinski definition) is 4. The average molecular weight is 482 g/mol. The van der Waals surface area contributed by atoms with E-state index in [1.54, 1.807) is 0 Å². The molecule has 1 unspecified atom stereocenters. The maximum Gasteiger partial charge on any atom is 0.210 e. The van der Waals surface area contributed by atoms with Crippen LogP contribution in [-0.4, -0.2) is 67.2 Å². The molecule has 1 amide bonds. The molecular weight excluding hydrogens is 450 g/mol. The molecule has 1 atom stereocenters. The van der Waals surface area contributed by atoms with Crippen molar-refractivity contribution < 1.29 is 14.3 Å². The van der Waals surface area contributed by atoms with E-state index in [-0.39, 0.29) is 6.04 Å². The lowest BCUT2D eigenvalue weighted by atomic mass is 9.93. The largest absolute Gasteiger partial charge is 0.494 e. The van der Waals surface area contributed by atoms with Crippen LogP contribution in [0, 0.1) is 0 Å². The van der Waals surface area contributed by atoms with Gasteiger partial charge in [-0.15, -0.1) is 0 Å². The van der Waals surface area contributed by atoms with Crippen LogP contribution in [-0.2, 0) is 16.0 Å². The van der Waals surface area contributed by atoms with Crippen molar-refractivity contribution in [2.75, 3.05) is 39.9 Å². The number of rotatable bonds is 8. The van der Waals surface area contributed by atoms with Crippen molar-refractivity contribution in [3.63, 3.8) is 0 Å². The van der Waals surface area contributed by atoms with E-state index in [1.807, 2.05) is 35.2 Å². The van der Waals surface area contributed by atoms with Gasteiger partial charge in [0, 0.05) is 47.7 Å². The van der Waals surface area contributed by atoms with E-state index in [1.165, 1.54) is 5.56 Å². The molecule has 1 aromatic heterocycles. The number of carbonyl (C=O) groups excluding carboxylic acids is 1. The zero-order valence-electron chi connectivity index (χ0n) is 19.6. The lowest BCUT2D eigenvalue weighted by Gasteiger charge is -2.33. The first-order chi connectivity index (χ1) is 16.6. The van der Waals surface area contributed by atoms with Gasteiger partial charge in [0.15, 0.2) is 0 Å². The number of piperidine rings is 1. The van der Waals surface area contributed by atoms with Gasteiger partial charge in [0.2, 0.25) is 6.41 Å². The van der Waals surface area contributed by atoms with E-state index in [2.05, 4.69) is 29.1 Å². The number of likely N-dealkylation sites (tertiary alicyclic amines) is 1. The van der Waals surface area contributed by atoms with Crippen LogP contribution < -0.4 is 4.74 Å². The molecule has 2 aliphatic rings. The predicted molar refractivity (Wildman–Crippen MR) is 135 cm³/mol. The van der Waals surface area contributed by atoms with Gasteiger partial charge < -0.3 is 24.3 Å². The van der Waals surface area contributed by atoms with Crippen LogP contribution in [0.2, 0.25) is 5.02 Å². The predicted octanol–water partition coefficient (Wildman–Crippen LogP) is 4.80. The highest BCUT2D eigenvalue weighted by Gasteiger charge is 2.31. The summed E-state index contributed by atoms with van der Waals surface area (Å²) >= 11 is 6.25. The number of fused-ring (bicyclic) bond motifs is 3. The van der Waals surface area contributed by atoms with Crippen molar-refractivity contribution in [2.45, 2.75) is 37.8 Å². The summed E-state index contributed by atoms with van der Waals surface area (Å²) in [6.07, 6.45) is 5.24. The normalized spacial score (nSPS) is 19.4. The molecule has 0 aliphatic carbocycles. The number of benzene rings is 2. The molecule has 0 spiro atoms. The molecule has 34 heavy (non-hydrogen) atoms. The van der Waals surface area contributed by atoms with Crippen molar-refractivity contribution in [2.24, 2.45) is 0 Å². The first-order valence-electron chi connectivity index (χ1n) is 12.2. The lowest BCUT2D eigenvalue weighted by molar-refractivity contribution is -0.120. The van der Waals surface area contributed by atoms with Crippen LogP contribution in [0.25, 0.3) is 10.9 Å². The Morgan fingerprint density at radius 2 is 1.88 bits per heavy atom. The second kappa shape index (κ2) is 10.4. The number of nitrogens with zero attached hydrogens (tertiary/aromatic N) is 2. The quantitative estimate of drug-likeness (QED) is 0.370. The SMILES string of the molecule is CN1CCC(OCCCOc2ccc(C3c4[nH]c5ccc(Cl)cc5c4CCN3C=O)cc2)CC1. The zero-order valence-corrected chi connectivity index (χ0v) is 20.4. The standard InChI is InChI=1S/C27H32ClN3O3/c1-30-12-9-22(10-13-30)34-16-2-15-33-21-6-3-19(4-7-21)27-26-23(11-14-31(27)18-32)24-17-20(28)5-8-25(24)29-26/h3-8,17-18,22,27,29H,2,9-16H2,1H3. The molecule has 7 heteroatoms. The zero-order chi connectivity index (χ0) is 23.5. The monoisotopic (exact) mass is 481 g/mol. The molecule has 2 aliphatic heterocycles. The minimum atomic E-state index is -0.149. The summed E-state index contributed by atoms with van der Waals surface area (Å²) in [4.78, 5) is 19.6. The number of ether oxygens (including phenoxy) is 2. The van der Waals surface area contributed by atoms with Crippen LogP contribution in [0.1, 0.15) is 42.1 Å². The third-order valence-electron chi connectivity index (χ3n) is 7.03. The van der Waals surface area contributed by atoms with Crippen LogP contribution in [0.15, 0.2) is 42.5 Å². The summed E-state index contributed by atoms with van der Waals surface area (Å²) < 4.78 is 11.9. The first kappa shape index (κ1) is 23.2. The molecule has 1 saturated heterocycles. The number of aromatic nitrogens is 1. The Hall–Kier alpha value is -2.54. The number of aromatic amines is 1. The van der Waals surface area contributed by atoms with Gasteiger partial charge in [0.1, 0.15) is 5.75 Å². The van der Waals surface area contributed by atoms with E-state index in [9.17, 15) is 4.79 Å². The average Bonchev–Trinajstić information content (AvgIpc) is 3.22. The number of H-pyrrole nitrogens is 1. The topological polar surface area (TPSA) is 57.8 Å². The second-order valence-electron chi connectivity index (χ2n) is 9.35. The fourth-order valence-corrected chi connectivity index (χ4v) is 5.32. The summed E-state index contributed by atoms with van der Waals surface area (Å²) in [6, 6.07) is 13.8. The molecular formula is C27H32ClN3O3. The highest BCUT2D eigenvalue weighted by molar-refractivity contribution is 6.31. The van der Waals surface area contributed by atoms with Crippen molar-refractivity contribution in [3.8, 4) is 5.75 Å². The molecule has 5 rings (SSSR count). The number of nitrogens with one attached hydrogen (secondary N) is 1. The highest BCUT2D eigenvalue weighted by Crippen LogP contribution is 2.38. The Balaban J connectivity index is 1.21. The second-order valence-corrected chi connectivity index (χ2v) is 9.78. The van der Waals surface area contributed by atoms with E-state index in [4.69, 9.17) is 21.1 Å². The molecule has 3 aromatic rings. The molecule has 0 saturated carbocycles. The molecule has 180 valence electrons. The molecule has 0 radical (unpaired) electrons. The number of hydrogen-bond donors (Lipinski definition) is 1. The maximum atomic E-state index is 11.9. The van der Waals surface area contributed by atoms with Crippen LogP contribution in [0.3, 0.4) is 0 Å². The molecule has 0 bridgehead atoms. The summed E-state index contributed by atoms with van der Waals surface area (Å²) in [7, 11) is 2.16. The summed E-state index contributed by atoms with van der Waals surface area (Å²) in [5, 5.41) is 1.86. The van der Waals surface area contributed by atoms with E-state index in [0.717, 1.165) is 84.7 Å². The van der Waals surface area contributed by atoms with Gasteiger partial charge in [-0.05, 0) is 67.8 Å². The van der Waals surface area contributed by atoms with Gasteiger partial charge in [-0.3, -0.25) is 4.79 Å². The van der Waals surface area contributed by atoms with Gasteiger partial charge in [-0.2, -0.15) is 0 Å². The van der Waals surface area contributed by atoms with Crippen molar-refractivity contribution in [3.05, 3.63) is 64.3 Å². The Labute approximate surface area is 205 Å². The molecule has 1 N–H and O–H groups in total. The lowest BCUT2D eigenvalue weighted by Crippen LogP contribution is -2.34. The van der Waals surface area contributed by atoms with Gasteiger partial charge in [-0.1, -0.05) is 23.7 Å². The first-order valence-corrected chi connectivity index (χ1v) is 12.5. The van der Waals surface area contributed by atoms with Crippen LogP contribution in [0.5, 0.6) is 5.75 Å². The van der Waals surface area contributed by atoms with E-state index < -0.39 is 0 Å². The number of carbonyl (C=O) groups is 1. The van der Waals surface area contributed by atoms with Crippen LogP contribution >= 0.6 is 11.6 Å². The third-order valence-corrected chi connectivity index (χ3v) is 7.27. The van der Waals surface area contributed by atoms with Crippen molar-refractivity contribution in [1.29, 1.82) is 0 Å². The molecule has 3 heterocycles. The summed E-state index contributed by atoms with van der Waals surface area (Å²) in [5.41, 5.74) is 4.42. The summed E-state index contributed by atoms with van der Waals surface area (Å²) in [6.45, 7) is 4.27. The van der Waals surface area contributed by atoms with Crippen molar-refractivity contribution >= 4 is 28.9 Å². The fourth-order valence-electron chi connectivity index (χ4n) is 5.15. The highest BCUT2D eigenvalue weighted by atomic mass is 35.5.